The number of hydrogen-bond donors (Lipinski definition) is 2. The van der Waals surface area contributed by atoms with E-state index < -0.39 is 33.4 Å². The summed E-state index contributed by atoms with van der Waals surface area (Å²) in [6, 6.07) is 2.08. The van der Waals surface area contributed by atoms with Crippen LogP contribution in [-0.2, 0) is 21.4 Å². The highest BCUT2D eigenvalue weighted by molar-refractivity contribution is 9.10. The fourth-order valence-electron chi connectivity index (χ4n) is 1.94. The smallest absolute Gasteiger partial charge is 0.243 e. The highest BCUT2D eigenvalue weighted by Crippen LogP contribution is 2.24. The average molecular weight is 384 g/mol. The minimum absolute atomic E-state index is 0.0801. The molecule has 0 aliphatic rings. The molecule has 120 valence electrons. The number of nitrogens with one attached hydrogen (secondary N) is 1. The summed E-state index contributed by atoms with van der Waals surface area (Å²) >= 11 is 3.11. The maximum absolute atomic E-state index is 14.1. The third-order valence-electron chi connectivity index (χ3n) is 2.87. The Morgan fingerprint density at radius 1 is 1.48 bits per heavy atom. The molecule has 0 heterocycles. The summed E-state index contributed by atoms with van der Waals surface area (Å²) in [5.74, 6) is -0.944. The van der Waals surface area contributed by atoms with E-state index in [4.69, 9.17) is 9.84 Å². The molecule has 21 heavy (non-hydrogen) atoms. The van der Waals surface area contributed by atoms with Crippen molar-refractivity contribution >= 4 is 26.0 Å². The number of sulfonamides is 1. The molecule has 0 saturated carbocycles. The summed E-state index contributed by atoms with van der Waals surface area (Å²) < 4.78 is 46.6. The summed E-state index contributed by atoms with van der Waals surface area (Å²) in [5, 5.41) is 9.09. The molecule has 2 N–H and O–H groups in total. The van der Waals surface area contributed by atoms with E-state index in [-0.39, 0.29) is 12.2 Å². The number of aliphatic hydroxyl groups excluding tert-OH is 1. The highest BCUT2D eigenvalue weighted by atomic mass is 79.9. The van der Waals surface area contributed by atoms with Crippen LogP contribution in [0.3, 0.4) is 0 Å². The lowest BCUT2D eigenvalue weighted by atomic mass is 10.2. The molecule has 1 unspecified atom stereocenters. The first-order chi connectivity index (χ1) is 9.85. The first-order valence-electron chi connectivity index (χ1n) is 6.45. The normalized spacial score (nSPS) is 13.4. The third kappa shape index (κ3) is 5.00. The molecule has 0 aromatic heterocycles. The molecular formula is C13H19BrFNO4S. The van der Waals surface area contributed by atoms with Gasteiger partial charge in [0.05, 0.1) is 13.2 Å². The number of hydrogen-bond acceptors (Lipinski definition) is 4. The van der Waals surface area contributed by atoms with Gasteiger partial charge in [0.1, 0.15) is 10.7 Å². The fourth-order valence-corrected chi connectivity index (χ4v) is 4.00. The first kappa shape index (κ1) is 18.5. The summed E-state index contributed by atoms with van der Waals surface area (Å²) in [4.78, 5) is -0.488. The quantitative estimate of drug-likeness (QED) is 0.721. The molecule has 1 aromatic rings. The van der Waals surface area contributed by atoms with Crippen LogP contribution in [0.15, 0.2) is 21.5 Å². The second kappa shape index (κ2) is 8.19. The molecule has 0 fully saturated rings. The van der Waals surface area contributed by atoms with Gasteiger partial charge in [0, 0.05) is 23.2 Å². The van der Waals surface area contributed by atoms with E-state index in [1.54, 1.807) is 0 Å². The third-order valence-corrected chi connectivity index (χ3v) is 4.84. The molecule has 1 atom stereocenters. The van der Waals surface area contributed by atoms with Crippen molar-refractivity contribution in [2.45, 2.75) is 37.3 Å². The molecule has 5 nitrogen and oxygen atoms in total. The van der Waals surface area contributed by atoms with Crippen molar-refractivity contribution in [3.05, 3.63) is 28.0 Å². The van der Waals surface area contributed by atoms with Crippen LogP contribution in [0, 0.1) is 5.82 Å². The van der Waals surface area contributed by atoms with Gasteiger partial charge in [-0.1, -0.05) is 29.3 Å². The number of halogens is 2. The lowest BCUT2D eigenvalue weighted by Gasteiger charge is -2.18. The second-order valence-electron chi connectivity index (χ2n) is 4.60. The van der Waals surface area contributed by atoms with Crippen molar-refractivity contribution in [1.82, 2.24) is 4.72 Å². The Labute approximate surface area is 132 Å². The Bertz CT molecular complexity index is 574. The molecule has 0 radical (unpaired) electrons. The van der Waals surface area contributed by atoms with Crippen LogP contribution in [0.5, 0.6) is 0 Å². The van der Waals surface area contributed by atoms with E-state index >= 15 is 0 Å². The van der Waals surface area contributed by atoms with Crippen LogP contribution in [-0.4, -0.2) is 33.3 Å². The van der Waals surface area contributed by atoms with Crippen molar-refractivity contribution in [3.8, 4) is 0 Å². The Morgan fingerprint density at radius 2 is 2.14 bits per heavy atom. The number of methoxy groups -OCH3 is 1. The molecule has 0 aliphatic carbocycles. The van der Waals surface area contributed by atoms with Gasteiger partial charge in [-0.25, -0.2) is 17.5 Å². The number of aliphatic hydroxyl groups is 1. The van der Waals surface area contributed by atoms with E-state index in [1.807, 2.05) is 6.92 Å². The van der Waals surface area contributed by atoms with Crippen LogP contribution in [0.25, 0.3) is 0 Å². The topological polar surface area (TPSA) is 75.6 Å². The fraction of sp³-hybridized carbons (Fsp3) is 0.538. The number of benzene rings is 1. The number of ether oxygens (including phenoxy) is 1. The summed E-state index contributed by atoms with van der Waals surface area (Å²) in [6.45, 7) is 1.54. The molecule has 0 bridgehead atoms. The van der Waals surface area contributed by atoms with E-state index in [9.17, 15) is 12.8 Å². The maximum atomic E-state index is 14.1. The summed E-state index contributed by atoms with van der Waals surface area (Å²) in [5.41, 5.74) is -0.0801. The van der Waals surface area contributed by atoms with Gasteiger partial charge in [-0.15, -0.1) is 0 Å². The Hall–Kier alpha value is -0.540. The van der Waals surface area contributed by atoms with E-state index in [0.29, 0.717) is 10.9 Å². The average Bonchev–Trinajstić information content (AvgIpc) is 2.41. The molecule has 8 heteroatoms. The van der Waals surface area contributed by atoms with E-state index in [2.05, 4.69) is 20.7 Å². The minimum Gasteiger partial charge on any atom is -0.392 e. The molecular weight excluding hydrogens is 365 g/mol. The predicted molar refractivity (Wildman–Crippen MR) is 80.9 cm³/mol. The molecule has 1 rings (SSSR count). The zero-order chi connectivity index (χ0) is 16.0. The summed E-state index contributed by atoms with van der Waals surface area (Å²) in [7, 11) is -2.56. The Balaban J connectivity index is 3.15. The Morgan fingerprint density at radius 3 is 2.67 bits per heavy atom. The van der Waals surface area contributed by atoms with Gasteiger partial charge in [-0.05, 0) is 18.6 Å². The SMILES string of the molecule is CCCC(COC)NS(=O)(=O)c1cc(Br)cc(CO)c1F. The van der Waals surface area contributed by atoms with Gasteiger partial charge < -0.3 is 9.84 Å². The van der Waals surface area contributed by atoms with Gasteiger partial charge in [0.25, 0.3) is 0 Å². The van der Waals surface area contributed by atoms with Crippen LogP contribution in [0.4, 0.5) is 4.39 Å². The molecule has 0 amide bonds. The van der Waals surface area contributed by atoms with E-state index in [1.165, 1.54) is 19.2 Å². The van der Waals surface area contributed by atoms with Gasteiger partial charge in [0.15, 0.2) is 0 Å². The largest absolute Gasteiger partial charge is 0.392 e. The zero-order valence-electron chi connectivity index (χ0n) is 11.9. The van der Waals surface area contributed by atoms with Crippen molar-refractivity contribution in [1.29, 1.82) is 0 Å². The second-order valence-corrected chi connectivity index (χ2v) is 7.20. The lowest BCUT2D eigenvalue weighted by Crippen LogP contribution is -2.38. The van der Waals surface area contributed by atoms with Crippen LogP contribution in [0.2, 0.25) is 0 Å². The molecule has 0 aliphatic heterocycles. The van der Waals surface area contributed by atoms with Crippen LogP contribution >= 0.6 is 15.9 Å². The van der Waals surface area contributed by atoms with Gasteiger partial charge in [0.2, 0.25) is 10.0 Å². The highest BCUT2D eigenvalue weighted by Gasteiger charge is 2.25. The monoisotopic (exact) mass is 383 g/mol. The molecule has 0 saturated heterocycles. The van der Waals surface area contributed by atoms with Crippen molar-refractivity contribution in [3.63, 3.8) is 0 Å². The zero-order valence-corrected chi connectivity index (χ0v) is 14.3. The van der Waals surface area contributed by atoms with Crippen molar-refractivity contribution in [2.24, 2.45) is 0 Å². The molecule has 0 spiro atoms. The molecule has 1 aromatic carbocycles. The lowest BCUT2D eigenvalue weighted by molar-refractivity contribution is 0.171. The van der Waals surface area contributed by atoms with Gasteiger partial charge in [-0.2, -0.15) is 0 Å². The predicted octanol–water partition coefficient (Wildman–Crippen LogP) is 2.17. The van der Waals surface area contributed by atoms with Gasteiger partial charge in [-0.3, -0.25) is 0 Å². The first-order valence-corrected chi connectivity index (χ1v) is 8.73. The van der Waals surface area contributed by atoms with Crippen molar-refractivity contribution < 1.29 is 22.7 Å². The van der Waals surface area contributed by atoms with Gasteiger partial charge >= 0.3 is 0 Å². The maximum Gasteiger partial charge on any atom is 0.243 e. The van der Waals surface area contributed by atoms with Crippen LogP contribution < -0.4 is 4.72 Å². The van der Waals surface area contributed by atoms with Crippen LogP contribution in [0.1, 0.15) is 25.3 Å². The van der Waals surface area contributed by atoms with Crippen molar-refractivity contribution in [2.75, 3.05) is 13.7 Å². The Kier molecular flexibility index (Phi) is 7.22. The number of rotatable bonds is 8. The standard InChI is InChI=1S/C13H19BrFNO4S/c1-3-4-11(8-20-2)16-21(18,19)12-6-10(14)5-9(7-17)13(12)15/h5-6,11,16-17H,3-4,7-8H2,1-2H3. The van der Waals surface area contributed by atoms with E-state index in [0.717, 1.165) is 6.42 Å². The minimum atomic E-state index is -4.04. The summed E-state index contributed by atoms with van der Waals surface area (Å²) in [6.07, 6.45) is 1.34.